The van der Waals surface area contributed by atoms with Gasteiger partial charge in [0.05, 0.1) is 0 Å². The van der Waals surface area contributed by atoms with Crippen LogP contribution >= 0.6 is 0 Å². The van der Waals surface area contributed by atoms with Crippen LogP contribution in [0.3, 0.4) is 0 Å². The van der Waals surface area contributed by atoms with E-state index in [-0.39, 0.29) is 0 Å². The first-order chi connectivity index (χ1) is 16.3. The Morgan fingerprint density at radius 2 is 0.606 bits per heavy atom. The minimum atomic E-state index is -0.632. The van der Waals surface area contributed by atoms with Crippen LogP contribution in [0, 0.1) is 17.8 Å². The number of hydrogen-bond acceptors (Lipinski definition) is 0. The molecule has 3 saturated carbocycles. The van der Waals surface area contributed by atoms with E-state index in [4.69, 9.17) is 0 Å². The van der Waals surface area contributed by atoms with E-state index in [9.17, 15) is 0 Å². The van der Waals surface area contributed by atoms with Gasteiger partial charge in [0.2, 0.25) is 0 Å². The quantitative estimate of drug-likeness (QED) is 0.398. The average Bonchev–Trinajstić information content (AvgIpc) is 2.84. The molecule has 1 radical (unpaired) electrons. The Kier molecular flexibility index (Phi) is 13.9. The third-order valence-corrected chi connectivity index (χ3v) is 9.92. The minimum absolute atomic E-state index is 0.457. The van der Waals surface area contributed by atoms with Crippen LogP contribution in [-0.4, -0.2) is 5.60 Å². The first-order valence-corrected chi connectivity index (χ1v) is 16.0. The Hall–Kier alpha value is -0.0400. The summed E-state index contributed by atoms with van der Waals surface area (Å²) in [5, 5.41) is 15.4. The monoisotopic (exact) mass is 459 g/mol. The van der Waals surface area contributed by atoms with Crippen molar-refractivity contribution >= 4 is 0 Å². The maximum atomic E-state index is 15.4. The van der Waals surface area contributed by atoms with Crippen LogP contribution in [0.4, 0.5) is 0 Å². The van der Waals surface area contributed by atoms with E-state index in [1.807, 2.05) is 0 Å². The molecule has 3 aliphatic carbocycles. The normalized spacial score (nSPS) is 26.5. The molecule has 0 aromatic heterocycles. The molecule has 0 aliphatic heterocycles. The Morgan fingerprint density at radius 1 is 0.364 bits per heavy atom. The third-order valence-electron chi connectivity index (χ3n) is 9.92. The van der Waals surface area contributed by atoms with Crippen molar-refractivity contribution < 1.29 is 5.11 Å². The second-order valence-electron chi connectivity index (χ2n) is 12.6. The van der Waals surface area contributed by atoms with E-state index < -0.39 is 5.60 Å². The SMILES string of the molecule is [O]C(CC1CCCCCCCCC1)(C1CCCCCCCCC1)C1CCCCCCCCC1. The Bertz CT molecular complexity index is 415. The molecule has 1 heteroatoms. The maximum Gasteiger partial charge on any atom is 0.109 e. The van der Waals surface area contributed by atoms with Crippen LogP contribution in [0.25, 0.3) is 0 Å². The third kappa shape index (κ3) is 10.2. The van der Waals surface area contributed by atoms with Gasteiger partial charge in [0.25, 0.3) is 0 Å². The molecule has 0 aromatic rings. The number of hydrogen-bond donors (Lipinski definition) is 0. The molecule has 0 N–H and O–H groups in total. The summed E-state index contributed by atoms with van der Waals surface area (Å²) in [6.45, 7) is 0. The summed E-state index contributed by atoms with van der Waals surface area (Å²) >= 11 is 0. The molecule has 0 amide bonds. The predicted octanol–water partition coefficient (Wildman–Crippen LogP) is 11.0. The summed E-state index contributed by atoms with van der Waals surface area (Å²) in [6.07, 6.45) is 37.9. The average molecular weight is 460 g/mol. The Labute approximate surface area is 208 Å². The van der Waals surface area contributed by atoms with Crippen LogP contribution in [-0.2, 0) is 5.11 Å². The smallest absolute Gasteiger partial charge is 0.109 e. The zero-order chi connectivity index (χ0) is 23.0. The van der Waals surface area contributed by atoms with Crippen molar-refractivity contribution in [3.8, 4) is 0 Å². The summed E-state index contributed by atoms with van der Waals surface area (Å²) in [7, 11) is 0. The van der Waals surface area contributed by atoms with E-state index in [2.05, 4.69) is 0 Å². The molecule has 0 aromatic carbocycles. The molecule has 0 atom stereocenters. The lowest BCUT2D eigenvalue weighted by atomic mass is 9.64. The zero-order valence-corrected chi connectivity index (χ0v) is 22.4. The van der Waals surface area contributed by atoms with Gasteiger partial charge < -0.3 is 0 Å². The fourth-order valence-electron chi connectivity index (χ4n) is 7.81. The summed E-state index contributed by atoms with van der Waals surface area (Å²) in [5.41, 5.74) is -0.632. The maximum absolute atomic E-state index is 15.4. The first kappa shape index (κ1) is 27.5. The molecule has 3 rings (SSSR count). The van der Waals surface area contributed by atoms with Crippen molar-refractivity contribution in [1.82, 2.24) is 0 Å². The van der Waals surface area contributed by atoms with Crippen LogP contribution in [0.15, 0.2) is 0 Å². The fraction of sp³-hybridized carbons (Fsp3) is 1.00. The highest BCUT2D eigenvalue weighted by molar-refractivity contribution is 4.94. The molecule has 193 valence electrons. The Balaban J connectivity index is 1.76. The second kappa shape index (κ2) is 16.6. The molecule has 33 heavy (non-hydrogen) atoms. The fourth-order valence-corrected chi connectivity index (χ4v) is 7.81. The molecule has 3 aliphatic rings. The minimum Gasteiger partial charge on any atom is -0.229 e. The van der Waals surface area contributed by atoms with Gasteiger partial charge in [0.15, 0.2) is 0 Å². The summed E-state index contributed by atoms with van der Waals surface area (Å²) in [4.78, 5) is 0. The van der Waals surface area contributed by atoms with Crippen molar-refractivity contribution in [2.75, 3.05) is 0 Å². The molecule has 0 heterocycles. The number of rotatable bonds is 4. The summed E-state index contributed by atoms with van der Waals surface area (Å²) in [6, 6.07) is 0. The standard InChI is InChI=1S/C32H59O/c33-32(30-24-18-12-6-2-7-13-19-25-30,31-26-20-14-8-3-9-15-21-27-31)28-29-22-16-10-4-1-5-11-17-23-29/h29-31H,1-28H2. The van der Waals surface area contributed by atoms with Gasteiger partial charge in [-0.3, -0.25) is 0 Å². The van der Waals surface area contributed by atoms with Crippen LogP contribution in [0.1, 0.15) is 180 Å². The zero-order valence-electron chi connectivity index (χ0n) is 22.4. The van der Waals surface area contributed by atoms with Crippen molar-refractivity contribution in [2.45, 2.75) is 185 Å². The highest BCUT2D eigenvalue weighted by atomic mass is 16.3. The van der Waals surface area contributed by atoms with E-state index in [0.29, 0.717) is 17.8 Å². The first-order valence-electron chi connectivity index (χ1n) is 16.0. The van der Waals surface area contributed by atoms with Crippen LogP contribution < -0.4 is 0 Å². The lowest BCUT2D eigenvalue weighted by Gasteiger charge is -2.44. The highest BCUT2D eigenvalue weighted by Crippen LogP contribution is 2.46. The van der Waals surface area contributed by atoms with Gasteiger partial charge in [-0.25, -0.2) is 5.11 Å². The molecular formula is C32H59O. The second-order valence-corrected chi connectivity index (χ2v) is 12.6. The van der Waals surface area contributed by atoms with E-state index in [1.54, 1.807) is 0 Å². The van der Waals surface area contributed by atoms with Crippen molar-refractivity contribution in [2.24, 2.45) is 17.8 Å². The van der Waals surface area contributed by atoms with E-state index >= 15 is 5.11 Å². The van der Waals surface area contributed by atoms with Crippen molar-refractivity contribution in [3.63, 3.8) is 0 Å². The van der Waals surface area contributed by atoms with E-state index in [0.717, 1.165) is 6.42 Å². The highest BCUT2D eigenvalue weighted by Gasteiger charge is 2.45. The van der Waals surface area contributed by atoms with Gasteiger partial charge in [0, 0.05) is 0 Å². The van der Waals surface area contributed by atoms with Gasteiger partial charge in [-0.15, -0.1) is 0 Å². The largest absolute Gasteiger partial charge is 0.229 e. The van der Waals surface area contributed by atoms with Crippen LogP contribution in [0.5, 0.6) is 0 Å². The summed E-state index contributed by atoms with van der Waals surface area (Å²) in [5.74, 6) is 1.63. The molecule has 1 nitrogen and oxygen atoms in total. The summed E-state index contributed by atoms with van der Waals surface area (Å²) < 4.78 is 0. The molecular weight excluding hydrogens is 400 g/mol. The topological polar surface area (TPSA) is 19.9 Å². The molecule has 0 saturated heterocycles. The van der Waals surface area contributed by atoms with E-state index in [1.165, 1.54) is 173 Å². The molecule has 3 fully saturated rings. The predicted molar refractivity (Wildman–Crippen MR) is 143 cm³/mol. The molecule has 0 unspecified atom stereocenters. The van der Waals surface area contributed by atoms with Crippen molar-refractivity contribution in [1.29, 1.82) is 0 Å². The Morgan fingerprint density at radius 3 is 0.909 bits per heavy atom. The molecule has 0 spiro atoms. The van der Waals surface area contributed by atoms with Crippen molar-refractivity contribution in [3.05, 3.63) is 0 Å². The molecule has 0 bridgehead atoms. The van der Waals surface area contributed by atoms with Crippen LogP contribution in [0.2, 0.25) is 0 Å². The lowest BCUT2D eigenvalue weighted by molar-refractivity contribution is -0.148. The van der Waals surface area contributed by atoms with Gasteiger partial charge >= 0.3 is 0 Å². The van der Waals surface area contributed by atoms with Gasteiger partial charge in [-0.1, -0.05) is 148 Å². The lowest BCUT2D eigenvalue weighted by Crippen LogP contribution is -2.46. The van der Waals surface area contributed by atoms with Gasteiger partial charge in [-0.2, -0.15) is 0 Å². The van der Waals surface area contributed by atoms with Gasteiger partial charge in [-0.05, 0) is 49.9 Å². The van der Waals surface area contributed by atoms with Gasteiger partial charge in [0.1, 0.15) is 5.60 Å².